The number of carbonyl (C=O) groups excluding carboxylic acids is 1. The first-order valence-electron chi connectivity index (χ1n) is 6.51. The number of halogens is 1. The van der Waals surface area contributed by atoms with Gasteiger partial charge < -0.3 is 4.74 Å². The van der Waals surface area contributed by atoms with Crippen LogP contribution in [0.1, 0.15) is 41.3 Å². The normalized spacial score (nSPS) is 10.7. The minimum atomic E-state index is -0.116. The molecule has 0 heterocycles. The second kappa shape index (κ2) is 6.10. The average Bonchev–Trinajstić information content (AvgIpc) is 2.46. The van der Waals surface area contributed by atoms with E-state index in [0.29, 0.717) is 27.8 Å². The van der Waals surface area contributed by atoms with E-state index in [2.05, 4.69) is 13.8 Å². The van der Waals surface area contributed by atoms with Gasteiger partial charge in [0.05, 0.1) is 17.7 Å². The van der Waals surface area contributed by atoms with Gasteiger partial charge in [-0.15, -0.1) is 0 Å². The van der Waals surface area contributed by atoms with Gasteiger partial charge in [0.25, 0.3) is 0 Å². The number of ketones is 1. The van der Waals surface area contributed by atoms with Crippen molar-refractivity contribution in [1.82, 2.24) is 0 Å². The molecule has 2 aromatic carbocycles. The number of hydrogen-bond donors (Lipinski definition) is 0. The Morgan fingerprint density at radius 2 is 1.80 bits per heavy atom. The fraction of sp³-hybridized carbons (Fsp3) is 0.235. The summed E-state index contributed by atoms with van der Waals surface area (Å²) in [7, 11) is 1.56. The van der Waals surface area contributed by atoms with Crippen molar-refractivity contribution < 1.29 is 9.53 Å². The van der Waals surface area contributed by atoms with Gasteiger partial charge in [-0.1, -0.05) is 43.6 Å². The second-order valence-electron chi connectivity index (χ2n) is 4.92. The van der Waals surface area contributed by atoms with Crippen molar-refractivity contribution in [1.29, 1.82) is 0 Å². The van der Waals surface area contributed by atoms with Crippen molar-refractivity contribution in [3.8, 4) is 5.75 Å². The molecule has 20 heavy (non-hydrogen) atoms. The molecular formula is C17H17ClO2. The molecule has 0 saturated heterocycles. The lowest BCUT2D eigenvalue weighted by Crippen LogP contribution is -2.06. The van der Waals surface area contributed by atoms with E-state index in [1.165, 1.54) is 0 Å². The molecule has 2 aromatic rings. The summed E-state index contributed by atoms with van der Waals surface area (Å²) in [4.78, 5) is 12.7. The van der Waals surface area contributed by atoms with E-state index in [4.69, 9.17) is 16.3 Å². The monoisotopic (exact) mass is 288 g/mol. The SMILES string of the molecule is COc1ccc(C(C)C)cc1C(=O)c1ccccc1Cl. The number of hydrogen-bond acceptors (Lipinski definition) is 2. The Kier molecular flexibility index (Phi) is 4.46. The van der Waals surface area contributed by atoms with Crippen molar-refractivity contribution in [2.45, 2.75) is 19.8 Å². The van der Waals surface area contributed by atoms with E-state index in [9.17, 15) is 4.79 Å². The molecule has 0 spiro atoms. The zero-order valence-corrected chi connectivity index (χ0v) is 12.6. The lowest BCUT2D eigenvalue weighted by molar-refractivity contribution is 0.103. The molecule has 0 aliphatic rings. The number of rotatable bonds is 4. The average molecular weight is 289 g/mol. The minimum absolute atomic E-state index is 0.116. The molecule has 0 aromatic heterocycles. The van der Waals surface area contributed by atoms with Crippen molar-refractivity contribution in [3.63, 3.8) is 0 Å². The van der Waals surface area contributed by atoms with Gasteiger partial charge in [-0.05, 0) is 35.7 Å². The standard InChI is InChI=1S/C17H17ClO2/c1-11(2)12-8-9-16(20-3)14(10-12)17(19)13-6-4-5-7-15(13)18/h4-11H,1-3H3. The highest BCUT2D eigenvalue weighted by Gasteiger charge is 2.18. The molecule has 0 fully saturated rings. The Labute approximate surface area is 124 Å². The number of carbonyl (C=O) groups is 1. The van der Waals surface area contributed by atoms with Crippen LogP contribution in [0, 0.1) is 0 Å². The Balaban J connectivity index is 2.53. The summed E-state index contributed by atoms with van der Waals surface area (Å²) in [5.41, 5.74) is 2.14. The molecule has 0 unspecified atom stereocenters. The summed E-state index contributed by atoms with van der Waals surface area (Å²) in [6, 6.07) is 12.7. The Bertz CT molecular complexity index is 633. The van der Waals surface area contributed by atoms with Crippen LogP contribution in [-0.4, -0.2) is 12.9 Å². The molecule has 0 atom stereocenters. The molecule has 3 heteroatoms. The summed E-state index contributed by atoms with van der Waals surface area (Å²) in [5, 5.41) is 0.453. The van der Waals surface area contributed by atoms with Crippen molar-refractivity contribution in [2.24, 2.45) is 0 Å². The zero-order chi connectivity index (χ0) is 14.7. The van der Waals surface area contributed by atoms with E-state index < -0.39 is 0 Å². The fourth-order valence-corrected chi connectivity index (χ4v) is 2.27. The predicted octanol–water partition coefficient (Wildman–Crippen LogP) is 4.70. The molecule has 2 rings (SSSR count). The maximum absolute atomic E-state index is 12.7. The molecule has 0 aliphatic heterocycles. The van der Waals surface area contributed by atoms with Crippen LogP contribution in [-0.2, 0) is 0 Å². The van der Waals surface area contributed by atoms with Gasteiger partial charge in [0, 0.05) is 5.56 Å². The van der Waals surface area contributed by atoms with Crippen LogP contribution in [0.2, 0.25) is 5.02 Å². The summed E-state index contributed by atoms with van der Waals surface area (Å²) in [5.74, 6) is 0.799. The van der Waals surface area contributed by atoms with Gasteiger partial charge in [-0.25, -0.2) is 0 Å². The van der Waals surface area contributed by atoms with Gasteiger partial charge in [0.2, 0.25) is 0 Å². The Morgan fingerprint density at radius 1 is 1.10 bits per heavy atom. The van der Waals surface area contributed by atoms with Crippen molar-refractivity contribution >= 4 is 17.4 Å². The van der Waals surface area contributed by atoms with Crippen LogP contribution < -0.4 is 4.74 Å². The van der Waals surface area contributed by atoms with E-state index in [-0.39, 0.29) is 5.78 Å². The first kappa shape index (κ1) is 14.6. The van der Waals surface area contributed by atoms with Crippen LogP contribution in [0.5, 0.6) is 5.75 Å². The van der Waals surface area contributed by atoms with Gasteiger partial charge in [0.15, 0.2) is 5.78 Å². The predicted molar refractivity (Wildman–Crippen MR) is 82.0 cm³/mol. The molecule has 0 N–H and O–H groups in total. The highest BCUT2D eigenvalue weighted by molar-refractivity contribution is 6.35. The Morgan fingerprint density at radius 3 is 2.40 bits per heavy atom. The largest absolute Gasteiger partial charge is 0.496 e. The van der Waals surface area contributed by atoms with Crippen LogP contribution in [0.4, 0.5) is 0 Å². The van der Waals surface area contributed by atoms with E-state index in [0.717, 1.165) is 5.56 Å². The van der Waals surface area contributed by atoms with E-state index >= 15 is 0 Å². The van der Waals surface area contributed by atoms with Gasteiger partial charge in [-0.3, -0.25) is 4.79 Å². The van der Waals surface area contributed by atoms with Crippen LogP contribution in [0.3, 0.4) is 0 Å². The highest BCUT2D eigenvalue weighted by Crippen LogP contribution is 2.28. The second-order valence-corrected chi connectivity index (χ2v) is 5.33. The molecular weight excluding hydrogens is 272 g/mol. The zero-order valence-electron chi connectivity index (χ0n) is 11.8. The lowest BCUT2D eigenvalue weighted by Gasteiger charge is -2.12. The Hall–Kier alpha value is -1.80. The molecule has 0 aliphatic carbocycles. The lowest BCUT2D eigenvalue weighted by atomic mass is 9.96. The summed E-state index contributed by atoms with van der Waals surface area (Å²) in [6.07, 6.45) is 0. The van der Waals surface area contributed by atoms with Crippen LogP contribution >= 0.6 is 11.6 Å². The molecule has 0 saturated carbocycles. The van der Waals surface area contributed by atoms with E-state index in [1.807, 2.05) is 18.2 Å². The number of ether oxygens (including phenoxy) is 1. The maximum atomic E-state index is 12.7. The van der Waals surface area contributed by atoms with Gasteiger partial charge in [0.1, 0.15) is 5.75 Å². The molecule has 0 radical (unpaired) electrons. The third-order valence-electron chi connectivity index (χ3n) is 3.25. The molecule has 0 bridgehead atoms. The number of benzene rings is 2. The highest BCUT2D eigenvalue weighted by atomic mass is 35.5. The van der Waals surface area contributed by atoms with Crippen molar-refractivity contribution in [2.75, 3.05) is 7.11 Å². The fourth-order valence-electron chi connectivity index (χ4n) is 2.05. The van der Waals surface area contributed by atoms with Crippen LogP contribution in [0.15, 0.2) is 42.5 Å². The first-order chi connectivity index (χ1) is 9.54. The molecule has 104 valence electrons. The van der Waals surface area contributed by atoms with Gasteiger partial charge >= 0.3 is 0 Å². The minimum Gasteiger partial charge on any atom is -0.496 e. The van der Waals surface area contributed by atoms with Crippen LogP contribution in [0.25, 0.3) is 0 Å². The molecule has 0 amide bonds. The number of methoxy groups -OCH3 is 1. The van der Waals surface area contributed by atoms with E-state index in [1.54, 1.807) is 31.4 Å². The topological polar surface area (TPSA) is 26.3 Å². The quantitative estimate of drug-likeness (QED) is 0.762. The summed E-state index contributed by atoms with van der Waals surface area (Å²) >= 11 is 6.11. The summed E-state index contributed by atoms with van der Waals surface area (Å²) < 4.78 is 5.30. The van der Waals surface area contributed by atoms with Crippen molar-refractivity contribution in [3.05, 3.63) is 64.2 Å². The smallest absolute Gasteiger partial charge is 0.198 e. The first-order valence-corrected chi connectivity index (χ1v) is 6.89. The third kappa shape index (κ3) is 2.86. The van der Waals surface area contributed by atoms with Gasteiger partial charge in [-0.2, -0.15) is 0 Å². The summed E-state index contributed by atoms with van der Waals surface area (Å²) in [6.45, 7) is 4.18. The molecule has 2 nitrogen and oxygen atoms in total. The third-order valence-corrected chi connectivity index (χ3v) is 3.58. The maximum Gasteiger partial charge on any atom is 0.198 e.